The third-order valence-corrected chi connectivity index (χ3v) is 2.56. The van der Waals surface area contributed by atoms with E-state index in [1.807, 2.05) is 0 Å². The van der Waals surface area contributed by atoms with Crippen LogP contribution in [0.15, 0.2) is 6.07 Å². The molecule has 1 heterocycles. The highest BCUT2D eigenvalue weighted by Crippen LogP contribution is 2.28. The van der Waals surface area contributed by atoms with Crippen LogP contribution in [0.2, 0.25) is 0 Å². The number of ether oxygens (including phenoxy) is 2. The van der Waals surface area contributed by atoms with Crippen molar-refractivity contribution >= 4 is 17.6 Å². The van der Waals surface area contributed by atoms with Gasteiger partial charge in [-0.1, -0.05) is 0 Å². The molecule has 0 radical (unpaired) electrons. The molecule has 0 amide bonds. The van der Waals surface area contributed by atoms with E-state index in [0.717, 1.165) is 6.07 Å². The summed E-state index contributed by atoms with van der Waals surface area (Å²) in [5.74, 6) is -0.462. The number of nitrogens with zero attached hydrogens (tertiary/aromatic N) is 1. The minimum absolute atomic E-state index is 0.0940. The van der Waals surface area contributed by atoms with E-state index < -0.39 is 18.1 Å². The molecule has 0 aliphatic heterocycles. The van der Waals surface area contributed by atoms with E-state index in [0.29, 0.717) is 5.56 Å². The van der Waals surface area contributed by atoms with Gasteiger partial charge in [0, 0.05) is 11.6 Å². The first kappa shape index (κ1) is 14.6. The zero-order chi connectivity index (χ0) is 13.7. The van der Waals surface area contributed by atoms with E-state index in [1.165, 1.54) is 14.2 Å². The molecule has 0 unspecified atom stereocenters. The fourth-order valence-corrected chi connectivity index (χ4v) is 1.65. The molecule has 0 saturated heterocycles. The van der Waals surface area contributed by atoms with Gasteiger partial charge in [-0.05, 0) is 0 Å². The van der Waals surface area contributed by atoms with Crippen molar-refractivity contribution in [3.8, 4) is 5.75 Å². The first-order valence-electron chi connectivity index (χ1n) is 5.01. The van der Waals surface area contributed by atoms with Crippen LogP contribution in [-0.4, -0.2) is 25.2 Å². The summed E-state index contributed by atoms with van der Waals surface area (Å²) in [5, 5.41) is 0. The molecule has 0 fully saturated rings. The number of aromatic nitrogens is 1. The number of hydrogen-bond donors (Lipinski definition) is 0. The van der Waals surface area contributed by atoms with Crippen molar-refractivity contribution in [1.82, 2.24) is 4.98 Å². The number of rotatable bonds is 5. The van der Waals surface area contributed by atoms with Crippen LogP contribution < -0.4 is 4.74 Å². The first-order valence-corrected chi connectivity index (χ1v) is 5.54. The summed E-state index contributed by atoms with van der Waals surface area (Å²) in [7, 11) is 2.56. The van der Waals surface area contributed by atoms with Gasteiger partial charge in [0.2, 0.25) is 0 Å². The first-order chi connectivity index (χ1) is 8.53. The van der Waals surface area contributed by atoms with Crippen molar-refractivity contribution in [2.75, 3.05) is 14.2 Å². The summed E-state index contributed by atoms with van der Waals surface area (Å²) in [6, 6.07) is 1.10. The Morgan fingerprint density at radius 1 is 1.50 bits per heavy atom. The molecule has 0 bridgehead atoms. The van der Waals surface area contributed by atoms with Crippen molar-refractivity contribution in [2.45, 2.75) is 18.7 Å². The maximum atomic E-state index is 12.6. The molecule has 7 heteroatoms. The second-order valence-corrected chi connectivity index (χ2v) is 3.63. The maximum Gasteiger partial charge on any atom is 0.310 e. The molecular formula is C11H12ClF2NO3. The topological polar surface area (TPSA) is 48.4 Å². The zero-order valence-corrected chi connectivity index (χ0v) is 10.6. The molecular weight excluding hydrogens is 268 g/mol. The Morgan fingerprint density at radius 3 is 2.61 bits per heavy atom. The molecule has 18 heavy (non-hydrogen) atoms. The lowest BCUT2D eigenvalue weighted by molar-refractivity contribution is -0.139. The van der Waals surface area contributed by atoms with Crippen molar-refractivity contribution < 1.29 is 23.0 Å². The molecule has 100 valence electrons. The third kappa shape index (κ3) is 3.29. The Kier molecular flexibility index (Phi) is 5.27. The zero-order valence-electron chi connectivity index (χ0n) is 9.87. The molecule has 0 N–H and O–H groups in total. The molecule has 0 aromatic carbocycles. The minimum atomic E-state index is -2.73. The van der Waals surface area contributed by atoms with Gasteiger partial charge in [-0.3, -0.25) is 9.78 Å². The van der Waals surface area contributed by atoms with E-state index in [1.54, 1.807) is 0 Å². The largest absolute Gasteiger partial charge is 0.496 e. The van der Waals surface area contributed by atoms with E-state index in [4.69, 9.17) is 16.3 Å². The Bertz CT molecular complexity index is 415. The molecule has 0 atom stereocenters. The summed E-state index contributed by atoms with van der Waals surface area (Å²) in [5.41, 5.74) is 0.122. The van der Waals surface area contributed by atoms with E-state index in [2.05, 4.69) is 9.72 Å². The number of alkyl halides is 3. The van der Waals surface area contributed by atoms with E-state index in [9.17, 15) is 13.6 Å². The summed E-state index contributed by atoms with van der Waals surface area (Å²) >= 11 is 5.65. The number of carbonyl (C=O) groups is 1. The Balaban J connectivity index is 3.25. The molecule has 1 aromatic rings. The Morgan fingerprint density at radius 2 is 2.17 bits per heavy atom. The highest BCUT2D eigenvalue weighted by molar-refractivity contribution is 6.17. The number of carbonyl (C=O) groups excluding carboxylic acids is 1. The molecule has 1 aromatic heterocycles. The molecule has 0 aliphatic carbocycles. The second kappa shape index (κ2) is 6.49. The predicted molar refractivity (Wildman–Crippen MR) is 61.0 cm³/mol. The number of esters is 1. The highest BCUT2D eigenvalue weighted by Gasteiger charge is 2.19. The number of halogens is 3. The smallest absolute Gasteiger partial charge is 0.310 e. The predicted octanol–water partition coefficient (Wildman–Crippen LogP) is 2.48. The van der Waals surface area contributed by atoms with Crippen LogP contribution in [0.5, 0.6) is 5.75 Å². The van der Waals surface area contributed by atoms with Gasteiger partial charge in [0.15, 0.2) is 0 Å². The Labute approximate surface area is 108 Å². The highest BCUT2D eigenvalue weighted by atomic mass is 35.5. The lowest BCUT2D eigenvalue weighted by atomic mass is 10.1. The molecule has 1 rings (SSSR count). The van der Waals surface area contributed by atoms with Gasteiger partial charge in [-0.2, -0.15) is 0 Å². The van der Waals surface area contributed by atoms with Crippen molar-refractivity contribution in [3.05, 3.63) is 23.0 Å². The van der Waals surface area contributed by atoms with Crippen LogP contribution in [0.25, 0.3) is 0 Å². The molecule has 4 nitrogen and oxygen atoms in total. The SMILES string of the molecule is COC(=O)Cc1c(OC)cc(C(F)F)nc1CCl. The van der Waals surface area contributed by atoms with Gasteiger partial charge in [-0.15, -0.1) is 11.6 Å². The van der Waals surface area contributed by atoms with Gasteiger partial charge in [-0.25, -0.2) is 8.78 Å². The van der Waals surface area contributed by atoms with Crippen LogP contribution in [0, 0.1) is 0 Å². The average Bonchev–Trinajstić information content (AvgIpc) is 2.38. The maximum absolute atomic E-state index is 12.6. The van der Waals surface area contributed by atoms with Gasteiger partial charge in [0.05, 0.1) is 32.2 Å². The average molecular weight is 280 g/mol. The van der Waals surface area contributed by atoms with Crippen LogP contribution in [0.3, 0.4) is 0 Å². The fourth-order valence-electron chi connectivity index (χ4n) is 1.43. The van der Waals surface area contributed by atoms with Gasteiger partial charge in [0.25, 0.3) is 6.43 Å². The molecule has 0 saturated carbocycles. The standard InChI is InChI=1S/C11H12ClF2NO3/c1-17-9-4-7(11(13)14)15-8(5-12)6(9)3-10(16)18-2/h4,11H,3,5H2,1-2H3. The number of hydrogen-bond acceptors (Lipinski definition) is 4. The number of methoxy groups -OCH3 is 2. The summed E-state index contributed by atoms with van der Waals surface area (Å²) < 4.78 is 34.7. The van der Waals surface area contributed by atoms with Gasteiger partial charge < -0.3 is 9.47 Å². The molecule has 0 spiro atoms. The van der Waals surface area contributed by atoms with Crippen molar-refractivity contribution in [1.29, 1.82) is 0 Å². The Hall–Kier alpha value is -1.43. The van der Waals surface area contributed by atoms with Crippen LogP contribution in [-0.2, 0) is 21.8 Å². The molecule has 0 aliphatic rings. The van der Waals surface area contributed by atoms with Crippen LogP contribution in [0.1, 0.15) is 23.4 Å². The van der Waals surface area contributed by atoms with Gasteiger partial charge >= 0.3 is 5.97 Å². The quantitative estimate of drug-likeness (QED) is 0.614. The number of pyridine rings is 1. The summed E-state index contributed by atoms with van der Waals surface area (Å²) in [4.78, 5) is 15.0. The summed E-state index contributed by atoms with van der Waals surface area (Å²) in [6.07, 6.45) is -2.86. The van der Waals surface area contributed by atoms with Crippen LogP contribution in [0.4, 0.5) is 8.78 Å². The third-order valence-electron chi connectivity index (χ3n) is 2.31. The van der Waals surface area contributed by atoms with E-state index in [-0.39, 0.29) is 23.7 Å². The van der Waals surface area contributed by atoms with Crippen molar-refractivity contribution in [2.24, 2.45) is 0 Å². The fraction of sp³-hybridized carbons (Fsp3) is 0.455. The minimum Gasteiger partial charge on any atom is -0.496 e. The lowest BCUT2D eigenvalue weighted by Crippen LogP contribution is -2.10. The monoisotopic (exact) mass is 279 g/mol. The van der Waals surface area contributed by atoms with Gasteiger partial charge in [0.1, 0.15) is 11.4 Å². The second-order valence-electron chi connectivity index (χ2n) is 3.36. The van der Waals surface area contributed by atoms with Crippen LogP contribution >= 0.6 is 11.6 Å². The van der Waals surface area contributed by atoms with E-state index >= 15 is 0 Å². The van der Waals surface area contributed by atoms with Crippen molar-refractivity contribution in [3.63, 3.8) is 0 Å². The normalized spacial score (nSPS) is 10.6. The summed E-state index contributed by atoms with van der Waals surface area (Å²) in [6.45, 7) is 0. The lowest BCUT2D eigenvalue weighted by Gasteiger charge is -2.13.